The molecule has 20 heavy (non-hydrogen) atoms. The van der Waals surface area contributed by atoms with Crippen molar-refractivity contribution < 1.29 is 13.2 Å². The van der Waals surface area contributed by atoms with Crippen molar-refractivity contribution in [3.8, 4) is 6.07 Å². The first-order valence-electron chi connectivity index (χ1n) is 5.49. The van der Waals surface area contributed by atoms with Crippen LogP contribution in [0.5, 0.6) is 0 Å². The molecule has 2 rings (SSSR count). The van der Waals surface area contributed by atoms with Crippen molar-refractivity contribution in [1.29, 1.82) is 5.26 Å². The van der Waals surface area contributed by atoms with E-state index < -0.39 is 28.7 Å². The molecule has 2 N–H and O–H groups in total. The molecule has 0 aliphatic rings. The zero-order chi connectivity index (χ0) is 14.7. The number of aromatic nitrogens is 1. The van der Waals surface area contributed by atoms with Crippen LogP contribution in [0.4, 0.5) is 13.2 Å². The Morgan fingerprint density at radius 1 is 1.10 bits per heavy atom. The molecule has 0 aliphatic heterocycles. The van der Waals surface area contributed by atoms with Gasteiger partial charge in [-0.2, -0.15) is 5.26 Å². The monoisotopic (exact) mass is 275 g/mol. The summed E-state index contributed by atoms with van der Waals surface area (Å²) in [4.78, 5) is 3.77. The second-order valence-electron chi connectivity index (χ2n) is 3.88. The molecule has 0 aliphatic carbocycles. The lowest BCUT2D eigenvalue weighted by Crippen LogP contribution is -2.06. The number of pyridine rings is 1. The topological polar surface area (TPSA) is 62.7 Å². The fraction of sp³-hybridized carbons (Fsp3) is 0. The summed E-state index contributed by atoms with van der Waals surface area (Å²) in [5.74, 6) is -3.39. The van der Waals surface area contributed by atoms with Crippen LogP contribution in [-0.2, 0) is 0 Å². The maximum atomic E-state index is 13.7. The van der Waals surface area contributed by atoms with Gasteiger partial charge in [0.25, 0.3) is 0 Å². The number of allylic oxidation sites excluding steroid dienone is 1. The van der Waals surface area contributed by atoms with Crippen LogP contribution in [0.25, 0.3) is 11.3 Å². The Balaban J connectivity index is 2.68. The smallest absolute Gasteiger partial charge is 0.138 e. The van der Waals surface area contributed by atoms with Gasteiger partial charge < -0.3 is 5.73 Å². The van der Waals surface area contributed by atoms with Crippen LogP contribution in [0, 0.1) is 28.8 Å². The fourth-order valence-corrected chi connectivity index (χ4v) is 1.72. The Labute approximate surface area is 112 Å². The van der Waals surface area contributed by atoms with Gasteiger partial charge in [0, 0.05) is 24.5 Å². The summed E-state index contributed by atoms with van der Waals surface area (Å²) in [6.07, 6.45) is 2.83. The maximum Gasteiger partial charge on any atom is 0.138 e. The van der Waals surface area contributed by atoms with Crippen molar-refractivity contribution in [3.63, 3.8) is 0 Å². The highest BCUT2D eigenvalue weighted by Crippen LogP contribution is 2.26. The lowest BCUT2D eigenvalue weighted by Gasteiger charge is -2.08. The molecule has 0 radical (unpaired) electrons. The van der Waals surface area contributed by atoms with Crippen molar-refractivity contribution in [1.82, 2.24) is 4.98 Å². The van der Waals surface area contributed by atoms with E-state index in [0.717, 1.165) is 0 Å². The van der Waals surface area contributed by atoms with Crippen LogP contribution in [0.15, 0.2) is 36.7 Å². The minimum Gasteiger partial charge on any atom is -0.397 e. The van der Waals surface area contributed by atoms with Crippen molar-refractivity contribution >= 4 is 11.3 Å². The van der Waals surface area contributed by atoms with E-state index in [1.165, 1.54) is 24.5 Å². The molecule has 6 heteroatoms. The molecule has 0 spiro atoms. The van der Waals surface area contributed by atoms with Gasteiger partial charge in [-0.25, -0.2) is 13.2 Å². The van der Waals surface area contributed by atoms with Gasteiger partial charge in [0.05, 0.1) is 16.8 Å². The van der Waals surface area contributed by atoms with Crippen molar-refractivity contribution in [2.24, 2.45) is 5.73 Å². The molecule has 0 fully saturated rings. The molecule has 3 nitrogen and oxygen atoms in total. The molecule has 1 aromatic carbocycles. The van der Waals surface area contributed by atoms with Crippen molar-refractivity contribution in [2.75, 3.05) is 0 Å². The Morgan fingerprint density at radius 2 is 1.65 bits per heavy atom. The Kier molecular flexibility index (Phi) is 3.71. The Hall–Kier alpha value is -2.81. The van der Waals surface area contributed by atoms with E-state index >= 15 is 0 Å². The van der Waals surface area contributed by atoms with E-state index in [4.69, 9.17) is 11.0 Å². The lowest BCUT2D eigenvalue weighted by atomic mass is 10.0. The average molecular weight is 275 g/mol. The number of rotatable bonds is 2. The van der Waals surface area contributed by atoms with Gasteiger partial charge in [-0.15, -0.1) is 0 Å². The van der Waals surface area contributed by atoms with Crippen molar-refractivity contribution in [3.05, 3.63) is 65.2 Å². The predicted molar refractivity (Wildman–Crippen MR) is 67.2 cm³/mol. The standard InChI is InChI=1S/C14H8F3N3/c15-9-5-11(16)13(12(17)6-9)14(19)10(7-18)8-1-3-20-4-2-8/h1-6H,19H2/b14-10-. The molecule has 100 valence electrons. The van der Waals surface area contributed by atoms with Crippen LogP contribution >= 0.6 is 0 Å². The van der Waals surface area contributed by atoms with E-state index in [0.29, 0.717) is 17.7 Å². The highest BCUT2D eigenvalue weighted by molar-refractivity contribution is 5.96. The molecule has 0 saturated carbocycles. The van der Waals surface area contributed by atoms with Crippen LogP contribution in [0.2, 0.25) is 0 Å². The van der Waals surface area contributed by atoms with Gasteiger partial charge in [-0.1, -0.05) is 0 Å². The zero-order valence-electron chi connectivity index (χ0n) is 10.1. The number of halogens is 3. The molecule has 1 heterocycles. The third kappa shape index (κ3) is 2.47. The third-order valence-electron chi connectivity index (χ3n) is 2.63. The van der Waals surface area contributed by atoms with Crippen LogP contribution in [0.3, 0.4) is 0 Å². The highest BCUT2D eigenvalue weighted by atomic mass is 19.1. The number of hydrogen-bond acceptors (Lipinski definition) is 3. The highest BCUT2D eigenvalue weighted by Gasteiger charge is 2.18. The summed E-state index contributed by atoms with van der Waals surface area (Å²) >= 11 is 0. The first-order valence-corrected chi connectivity index (χ1v) is 5.49. The number of hydrogen-bond donors (Lipinski definition) is 1. The van der Waals surface area contributed by atoms with E-state index in [1.54, 1.807) is 6.07 Å². The first kappa shape index (κ1) is 13.6. The summed E-state index contributed by atoms with van der Waals surface area (Å²) in [7, 11) is 0. The van der Waals surface area contributed by atoms with Crippen LogP contribution in [0.1, 0.15) is 11.1 Å². The summed E-state index contributed by atoms with van der Waals surface area (Å²) in [5, 5.41) is 9.12. The van der Waals surface area contributed by atoms with E-state index in [-0.39, 0.29) is 5.57 Å². The number of nitrogens with zero attached hydrogens (tertiary/aromatic N) is 2. The molecular formula is C14H8F3N3. The molecular weight excluding hydrogens is 267 g/mol. The van der Waals surface area contributed by atoms with Gasteiger partial charge >= 0.3 is 0 Å². The second-order valence-corrected chi connectivity index (χ2v) is 3.88. The average Bonchev–Trinajstić information content (AvgIpc) is 2.39. The summed E-state index contributed by atoms with van der Waals surface area (Å²) in [6, 6.07) is 5.75. The maximum absolute atomic E-state index is 13.7. The molecule has 2 aromatic rings. The zero-order valence-corrected chi connectivity index (χ0v) is 10.1. The quantitative estimate of drug-likeness (QED) is 0.857. The minimum absolute atomic E-state index is 0.114. The van der Waals surface area contributed by atoms with Gasteiger partial charge in [0.2, 0.25) is 0 Å². The Bertz CT molecular complexity index is 695. The number of benzene rings is 1. The molecule has 0 saturated heterocycles. The van der Waals surface area contributed by atoms with Gasteiger partial charge in [-0.05, 0) is 17.7 Å². The van der Waals surface area contributed by atoms with E-state index in [1.807, 2.05) is 0 Å². The summed E-state index contributed by atoms with van der Waals surface area (Å²) in [6.45, 7) is 0. The van der Waals surface area contributed by atoms with Crippen LogP contribution in [-0.4, -0.2) is 4.98 Å². The van der Waals surface area contributed by atoms with Gasteiger partial charge in [0.15, 0.2) is 0 Å². The van der Waals surface area contributed by atoms with Crippen molar-refractivity contribution in [2.45, 2.75) is 0 Å². The normalized spacial score (nSPS) is 11.7. The Morgan fingerprint density at radius 3 is 2.15 bits per heavy atom. The molecule has 0 bridgehead atoms. The summed E-state index contributed by atoms with van der Waals surface area (Å²) in [5.41, 5.74) is 4.90. The van der Waals surface area contributed by atoms with Gasteiger partial charge in [-0.3, -0.25) is 4.98 Å². The van der Waals surface area contributed by atoms with E-state index in [2.05, 4.69) is 4.98 Å². The number of nitrogens with two attached hydrogens (primary N) is 1. The minimum atomic E-state index is -1.16. The molecule has 1 aromatic heterocycles. The van der Waals surface area contributed by atoms with Gasteiger partial charge in [0.1, 0.15) is 23.5 Å². The first-order chi connectivity index (χ1) is 9.54. The fourth-order valence-electron chi connectivity index (χ4n) is 1.72. The molecule has 0 unspecified atom stereocenters. The second kappa shape index (κ2) is 5.45. The largest absolute Gasteiger partial charge is 0.397 e. The molecule has 0 atom stereocenters. The van der Waals surface area contributed by atoms with Crippen LogP contribution < -0.4 is 5.73 Å². The summed E-state index contributed by atoms with van der Waals surface area (Å²) < 4.78 is 40.2. The third-order valence-corrected chi connectivity index (χ3v) is 2.63. The SMILES string of the molecule is N#C/C(=C(/N)c1c(F)cc(F)cc1F)c1ccncc1. The predicted octanol–water partition coefficient (Wildman–Crippen LogP) is 2.85. The number of nitriles is 1. The molecule has 0 amide bonds. The lowest BCUT2D eigenvalue weighted by molar-refractivity contribution is 0.539. The van der Waals surface area contributed by atoms with E-state index in [9.17, 15) is 13.2 Å².